The van der Waals surface area contributed by atoms with Crippen LogP contribution in [0.4, 0.5) is 5.69 Å². The zero-order chi connectivity index (χ0) is 10.2. The van der Waals surface area contributed by atoms with E-state index in [1.165, 1.54) is 0 Å². The number of hydrogen-bond acceptors (Lipinski definition) is 2. The summed E-state index contributed by atoms with van der Waals surface area (Å²) in [6.45, 7) is -0.0411. The van der Waals surface area contributed by atoms with E-state index in [4.69, 9.17) is 5.11 Å². The van der Waals surface area contributed by atoms with Crippen molar-refractivity contribution in [3.05, 3.63) is 18.5 Å². The molecule has 1 aromatic heterocycles. The van der Waals surface area contributed by atoms with Crippen LogP contribution in [0.1, 0.15) is 12.8 Å². The lowest BCUT2D eigenvalue weighted by Gasteiger charge is -2.20. The highest BCUT2D eigenvalue weighted by Crippen LogP contribution is 2.46. The Kier molecular flexibility index (Phi) is 2.07. The van der Waals surface area contributed by atoms with E-state index in [-0.39, 0.29) is 12.5 Å². The maximum atomic E-state index is 11.9. The number of hydrogen-bond donors (Lipinski definition) is 2. The molecule has 0 spiro atoms. The quantitative estimate of drug-likeness (QED) is 0.746. The van der Waals surface area contributed by atoms with Crippen molar-refractivity contribution < 1.29 is 9.90 Å². The van der Waals surface area contributed by atoms with E-state index in [2.05, 4.69) is 4.98 Å². The first kappa shape index (κ1) is 9.27. The molecule has 1 fully saturated rings. The Morgan fingerprint density at radius 1 is 1.71 bits per heavy atom. The van der Waals surface area contributed by atoms with Crippen LogP contribution in [0, 0.1) is 5.41 Å². The van der Waals surface area contributed by atoms with Crippen LogP contribution in [0.2, 0.25) is 0 Å². The van der Waals surface area contributed by atoms with Gasteiger partial charge in [-0.25, -0.2) is 0 Å². The van der Waals surface area contributed by atoms with Crippen LogP contribution in [-0.2, 0) is 4.79 Å². The number of aliphatic hydroxyl groups is 1. The molecular weight excluding hydrogens is 180 g/mol. The number of aliphatic hydroxyl groups excluding tert-OH is 1. The summed E-state index contributed by atoms with van der Waals surface area (Å²) in [6.07, 6.45) is 5.15. The van der Waals surface area contributed by atoms with Gasteiger partial charge in [0.1, 0.15) is 0 Å². The number of nitrogens with zero attached hydrogens (tertiary/aromatic N) is 1. The van der Waals surface area contributed by atoms with Crippen LogP contribution < -0.4 is 4.90 Å². The number of carbonyl (C=O) groups excluding carboxylic acids is 1. The molecule has 1 heterocycles. The molecule has 1 aliphatic carbocycles. The summed E-state index contributed by atoms with van der Waals surface area (Å²) in [5, 5.41) is 9.12. The zero-order valence-corrected chi connectivity index (χ0v) is 8.16. The zero-order valence-electron chi connectivity index (χ0n) is 8.16. The van der Waals surface area contributed by atoms with Gasteiger partial charge in [-0.3, -0.25) is 4.79 Å². The van der Waals surface area contributed by atoms with E-state index in [1.807, 2.05) is 6.07 Å². The van der Waals surface area contributed by atoms with Crippen LogP contribution in [0.15, 0.2) is 18.5 Å². The predicted octanol–water partition coefficient (Wildman–Crippen LogP) is 0.750. The number of aromatic amines is 1. The fourth-order valence-corrected chi connectivity index (χ4v) is 1.59. The molecule has 0 aliphatic heterocycles. The monoisotopic (exact) mass is 194 g/mol. The average Bonchev–Trinajstić information content (AvgIpc) is 2.82. The van der Waals surface area contributed by atoms with Crippen molar-refractivity contribution in [2.24, 2.45) is 5.41 Å². The summed E-state index contributed by atoms with van der Waals surface area (Å²) in [5.41, 5.74) is 0.362. The van der Waals surface area contributed by atoms with Crippen molar-refractivity contribution >= 4 is 11.6 Å². The molecule has 0 saturated heterocycles. The standard InChI is InChI=1S/C10H14N2O2/c1-12(8-2-5-11-6-8)9(14)10(7-13)3-4-10/h2,5-6,11,13H,3-4,7H2,1H3. The molecule has 0 atom stereocenters. The smallest absolute Gasteiger partial charge is 0.235 e. The Hall–Kier alpha value is -1.29. The van der Waals surface area contributed by atoms with Crippen LogP contribution in [0.3, 0.4) is 0 Å². The molecule has 76 valence electrons. The van der Waals surface area contributed by atoms with Crippen molar-refractivity contribution in [2.45, 2.75) is 12.8 Å². The van der Waals surface area contributed by atoms with Crippen molar-refractivity contribution in [3.63, 3.8) is 0 Å². The lowest BCUT2D eigenvalue weighted by atomic mass is 10.1. The molecule has 0 radical (unpaired) electrons. The van der Waals surface area contributed by atoms with Gasteiger partial charge in [-0.2, -0.15) is 0 Å². The van der Waals surface area contributed by atoms with Crippen LogP contribution in [0.5, 0.6) is 0 Å². The van der Waals surface area contributed by atoms with E-state index in [0.29, 0.717) is 0 Å². The summed E-state index contributed by atoms with van der Waals surface area (Å²) in [5.74, 6) is 0.0135. The highest BCUT2D eigenvalue weighted by molar-refractivity contribution is 5.98. The second-order valence-corrected chi connectivity index (χ2v) is 3.87. The molecule has 0 aromatic carbocycles. The lowest BCUT2D eigenvalue weighted by Crippen LogP contribution is -2.35. The fraction of sp³-hybridized carbons (Fsp3) is 0.500. The first-order valence-corrected chi connectivity index (χ1v) is 4.71. The first-order chi connectivity index (χ1) is 6.69. The lowest BCUT2D eigenvalue weighted by molar-refractivity contribution is -0.124. The van der Waals surface area contributed by atoms with Gasteiger partial charge < -0.3 is 15.0 Å². The topological polar surface area (TPSA) is 56.3 Å². The summed E-state index contributed by atoms with van der Waals surface area (Å²) < 4.78 is 0. The average molecular weight is 194 g/mol. The summed E-state index contributed by atoms with van der Waals surface area (Å²) in [7, 11) is 1.74. The Labute approximate surface area is 82.5 Å². The maximum Gasteiger partial charge on any atom is 0.235 e. The second kappa shape index (κ2) is 3.13. The Bertz CT molecular complexity index is 328. The van der Waals surface area contributed by atoms with Crippen molar-refractivity contribution in [3.8, 4) is 0 Å². The van der Waals surface area contributed by atoms with Gasteiger partial charge in [-0.05, 0) is 18.9 Å². The third-order valence-corrected chi connectivity index (χ3v) is 2.88. The number of H-pyrrole nitrogens is 1. The number of rotatable bonds is 3. The second-order valence-electron chi connectivity index (χ2n) is 3.87. The molecule has 14 heavy (non-hydrogen) atoms. The summed E-state index contributed by atoms with van der Waals surface area (Å²) in [4.78, 5) is 16.4. The van der Waals surface area contributed by atoms with E-state index >= 15 is 0 Å². The molecular formula is C10H14N2O2. The Morgan fingerprint density at radius 2 is 2.43 bits per heavy atom. The van der Waals surface area contributed by atoms with Crippen molar-refractivity contribution in [1.29, 1.82) is 0 Å². The van der Waals surface area contributed by atoms with Crippen molar-refractivity contribution in [1.82, 2.24) is 4.98 Å². The largest absolute Gasteiger partial charge is 0.395 e. The SMILES string of the molecule is CN(C(=O)C1(CO)CC1)c1cc[nH]c1. The Balaban J connectivity index is 2.13. The van der Waals surface area contributed by atoms with Gasteiger partial charge in [0, 0.05) is 19.4 Å². The van der Waals surface area contributed by atoms with E-state index in [0.717, 1.165) is 18.5 Å². The molecule has 4 nitrogen and oxygen atoms in total. The minimum absolute atomic E-state index is 0.0135. The highest BCUT2D eigenvalue weighted by Gasteiger charge is 2.50. The number of amides is 1. The summed E-state index contributed by atoms with van der Waals surface area (Å²) >= 11 is 0. The third kappa shape index (κ3) is 1.32. The number of anilines is 1. The fourth-order valence-electron chi connectivity index (χ4n) is 1.59. The van der Waals surface area contributed by atoms with Crippen LogP contribution in [-0.4, -0.2) is 29.7 Å². The van der Waals surface area contributed by atoms with Crippen LogP contribution in [0.25, 0.3) is 0 Å². The van der Waals surface area contributed by atoms with Gasteiger partial charge in [-0.1, -0.05) is 0 Å². The number of nitrogens with one attached hydrogen (secondary N) is 1. The van der Waals surface area contributed by atoms with Gasteiger partial charge in [0.05, 0.1) is 17.7 Å². The molecule has 2 rings (SSSR count). The van der Waals surface area contributed by atoms with E-state index < -0.39 is 5.41 Å². The van der Waals surface area contributed by atoms with Gasteiger partial charge in [0.2, 0.25) is 5.91 Å². The minimum atomic E-state index is -0.480. The van der Waals surface area contributed by atoms with Gasteiger partial charge in [-0.15, -0.1) is 0 Å². The normalized spacial score (nSPS) is 17.9. The van der Waals surface area contributed by atoms with E-state index in [1.54, 1.807) is 24.3 Å². The molecule has 4 heteroatoms. The summed E-state index contributed by atoms with van der Waals surface area (Å²) in [6, 6.07) is 1.84. The molecule has 1 amide bonds. The van der Waals surface area contributed by atoms with Crippen molar-refractivity contribution in [2.75, 3.05) is 18.6 Å². The van der Waals surface area contributed by atoms with Gasteiger partial charge in [0.15, 0.2) is 0 Å². The maximum absolute atomic E-state index is 11.9. The predicted molar refractivity (Wildman–Crippen MR) is 53.0 cm³/mol. The number of carbonyl (C=O) groups is 1. The van der Waals surface area contributed by atoms with E-state index in [9.17, 15) is 4.79 Å². The molecule has 1 aliphatic rings. The molecule has 1 aromatic rings. The van der Waals surface area contributed by atoms with Gasteiger partial charge >= 0.3 is 0 Å². The first-order valence-electron chi connectivity index (χ1n) is 4.71. The molecule has 1 saturated carbocycles. The molecule has 0 bridgehead atoms. The molecule has 0 unspecified atom stereocenters. The highest BCUT2D eigenvalue weighted by atomic mass is 16.3. The molecule has 2 N–H and O–H groups in total. The third-order valence-electron chi connectivity index (χ3n) is 2.88. The van der Waals surface area contributed by atoms with Gasteiger partial charge in [0.25, 0.3) is 0 Å². The minimum Gasteiger partial charge on any atom is -0.395 e. The van der Waals surface area contributed by atoms with Crippen LogP contribution >= 0.6 is 0 Å². The number of aromatic nitrogens is 1. The Morgan fingerprint density at radius 3 is 2.86 bits per heavy atom.